The first-order valence-electron chi connectivity index (χ1n) is 4.70. The molecule has 0 saturated heterocycles. The zero-order chi connectivity index (χ0) is 12.6. The summed E-state index contributed by atoms with van der Waals surface area (Å²) < 4.78 is 15.9. The molecule has 1 heterocycles. The third kappa shape index (κ3) is 2.08. The Kier molecular flexibility index (Phi) is 2.97. The maximum Gasteiger partial charge on any atom is 0.356 e. The number of aromatic nitrogens is 2. The molecule has 0 fully saturated rings. The van der Waals surface area contributed by atoms with E-state index in [1.54, 1.807) is 13.1 Å². The van der Waals surface area contributed by atoms with Crippen LogP contribution >= 0.6 is 15.9 Å². The molecule has 1 aromatic heterocycles. The van der Waals surface area contributed by atoms with Crippen LogP contribution < -0.4 is 0 Å². The lowest BCUT2D eigenvalue weighted by molar-refractivity contribution is 0.0692. The van der Waals surface area contributed by atoms with Crippen LogP contribution in [0.25, 0.3) is 11.3 Å². The van der Waals surface area contributed by atoms with Gasteiger partial charge >= 0.3 is 5.97 Å². The average Bonchev–Trinajstić information content (AvgIpc) is 2.64. The first-order valence-corrected chi connectivity index (χ1v) is 5.50. The largest absolute Gasteiger partial charge is 0.476 e. The maximum absolute atomic E-state index is 13.7. The Morgan fingerprint density at radius 1 is 1.53 bits per heavy atom. The van der Waals surface area contributed by atoms with E-state index in [4.69, 9.17) is 5.11 Å². The number of hydrogen-bond acceptors (Lipinski definition) is 2. The number of carbonyl (C=O) groups is 1. The number of aryl methyl sites for hydroxylation is 1. The molecule has 0 bridgehead atoms. The molecular formula is C11H8BrFN2O2. The fraction of sp³-hybridized carbons (Fsp3) is 0.0909. The molecule has 0 aliphatic rings. The van der Waals surface area contributed by atoms with Crippen LogP contribution in [0.3, 0.4) is 0 Å². The van der Waals surface area contributed by atoms with Crippen LogP contribution in [0, 0.1) is 5.82 Å². The van der Waals surface area contributed by atoms with Gasteiger partial charge in [0.25, 0.3) is 0 Å². The topological polar surface area (TPSA) is 55.1 Å². The highest BCUT2D eigenvalue weighted by atomic mass is 79.9. The van der Waals surface area contributed by atoms with E-state index < -0.39 is 11.8 Å². The van der Waals surface area contributed by atoms with Crippen molar-refractivity contribution >= 4 is 21.9 Å². The summed E-state index contributed by atoms with van der Waals surface area (Å²) in [5, 5.41) is 8.99. The molecule has 2 aromatic rings. The second-order valence-corrected chi connectivity index (χ2v) is 4.40. The number of aromatic carboxylic acids is 1. The molecule has 88 valence electrons. The Morgan fingerprint density at radius 2 is 2.24 bits per heavy atom. The fourth-order valence-corrected chi connectivity index (χ4v) is 1.94. The van der Waals surface area contributed by atoms with Gasteiger partial charge in [0, 0.05) is 17.1 Å². The number of rotatable bonds is 2. The quantitative estimate of drug-likeness (QED) is 0.927. The van der Waals surface area contributed by atoms with Gasteiger partial charge < -0.3 is 9.67 Å². The highest BCUT2D eigenvalue weighted by Crippen LogP contribution is 2.28. The highest BCUT2D eigenvalue weighted by Gasteiger charge is 2.20. The van der Waals surface area contributed by atoms with E-state index in [2.05, 4.69) is 20.9 Å². The van der Waals surface area contributed by atoms with E-state index in [1.807, 2.05) is 0 Å². The highest BCUT2D eigenvalue weighted by molar-refractivity contribution is 9.10. The lowest BCUT2D eigenvalue weighted by Crippen LogP contribution is -2.02. The first-order chi connectivity index (χ1) is 8.00. The van der Waals surface area contributed by atoms with Gasteiger partial charge in [-0.2, -0.15) is 0 Å². The zero-order valence-electron chi connectivity index (χ0n) is 8.82. The van der Waals surface area contributed by atoms with Crippen molar-refractivity contribution in [3.8, 4) is 11.3 Å². The van der Waals surface area contributed by atoms with Gasteiger partial charge in [0.15, 0.2) is 5.69 Å². The molecule has 0 radical (unpaired) electrons. The van der Waals surface area contributed by atoms with E-state index in [9.17, 15) is 9.18 Å². The molecule has 0 amide bonds. The Bertz CT molecular complexity index is 595. The van der Waals surface area contributed by atoms with Crippen LogP contribution in [0.1, 0.15) is 10.5 Å². The lowest BCUT2D eigenvalue weighted by Gasteiger charge is -2.06. The van der Waals surface area contributed by atoms with Gasteiger partial charge in [0.05, 0.1) is 12.0 Å². The summed E-state index contributed by atoms with van der Waals surface area (Å²) in [4.78, 5) is 14.7. The number of hydrogen-bond donors (Lipinski definition) is 1. The van der Waals surface area contributed by atoms with Gasteiger partial charge in [-0.3, -0.25) is 0 Å². The summed E-state index contributed by atoms with van der Waals surface area (Å²) in [7, 11) is 1.62. The van der Waals surface area contributed by atoms with Crippen molar-refractivity contribution < 1.29 is 14.3 Å². The standard InChI is InChI=1S/C11H8BrFN2O2/c1-15-5-14-9(11(16)17)10(15)7-4-6(12)2-3-8(7)13/h2-5H,1H3,(H,16,17). The molecule has 0 atom stereocenters. The summed E-state index contributed by atoms with van der Waals surface area (Å²) in [6.45, 7) is 0. The number of benzene rings is 1. The summed E-state index contributed by atoms with van der Waals surface area (Å²) in [6.07, 6.45) is 1.35. The SMILES string of the molecule is Cn1cnc(C(=O)O)c1-c1cc(Br)ccc1F. The molecule has 4 nitrogen and oxygen atoms in total. The maximum atomic E-state index is 13.7. The first kappa shape index (κ1) is 11.8. The van der Waals surface area contributed by atoms with E-state index in [1.165, 1.54) is 23.0 Å². The number of carboxylic acids is 1. The van der Waals surface area contributed by atoms with E-state index in [-0.39, 0.29) is 17.0 Å². The summed E-state index contributed by atoms with van der Waals surface area (Å²) >= 11 is 3.22. The normalized spacial score (nSPS) is 10.5. The second kappa shape index (κ2) is 4.29. The van der Waals surface area contributed by atoms with Crippen molar-refractivity contribution in [2.24, 2.45) is 7.05 Å². The van der Waals surface area contributed by atoms with Crippen LogP contribution in [0.4, 0.5) is 4.39 Å². The van der Waals surface area contributed by atoms with Gasteiger partial charge in [-0.25, -0.2) is 14.2 Å². The molecule has 1 aromatic carbocycles. The molecule has 2 rings (SSSR count). The molecule has 6 heteroatoms. The van der Waals surface area contributed by atoms with Crippen LogP contribution in [0.15, 0.2) is 29.0 Å². The predicted molar refractivity (Wildman–Crippen MR) is 63.3 cm³/mol. The van der Waals surface area contributed by atoms with Crippen molar-refractivity contribution in [2.45, 2.75) is 0 Å². The van der Waals surface area contributed by atoms with E-state index in [0.29, 0.717) is 4.47 Å². The number of carboxylic acid groups (broad SMARTS) is 1. The minimum atomic E-state index is -1.18. The number of imidazole rings is 1. The smallest absolute Gasteiger partial charge is 0.356 e. The molecule has 0 aliphatic carbocycles. The molecular weight excluding hydrogens is 291 g/mol. The van der Waals surface area contributed by atoms with Gasteiger partial charge in [0.2, 0.25) is 0 Å². The number of halogens is 2. The minimum absolute atomic E-state index is 0.162. The van der Waals surface area contributed by atoms with Crippen LogP contribution in [-0.4, -0.2) is 20.6 Å². The van der Waals surface area contributed by atoms with E-state index >= 15 is 0 Å². The van der Waals surface area contributed by atoms with Gasteiger partial charge in [-0.15, -0.1) is 0 Å². The Hall–Kier alpha value is -1.69. The number of nitrogens with zero attached hydrogens (tertiary/aromatic N) is 2. The summed E-state index contributed by atoms with van der Waals surface area (Å²) in [5.41, 5.74) is 0.289. The molecule has 1 N–H and O–H groups in total. The second-order valence-electron chi connectivity index (χ2n) is 3.48. The molecule has 0 unspecified atom stereocenters. The van der Waals surface area contributed by atoms with Crippen LogP contribution in [0.5, 0.6) is 0 Å². The summed E-state index contributed by atoms with van der Waals surface area (Å²) in [5.74, 6) is -1.67. The van der Waals surface area contributed by atoms with E-state index in [0.717, 1.165) is 0 Å². The molecule has 17 heavy (non-hydrogen) atoms. The third-order valence-electron chi connectivity index (χ3n) is 2.32. The van der Waals surface area contributed by atoms with Crippen LogP contribution in [-0.2, 0) is 7.05 Å². The van der Waals surface area contributed by atoms with Crippen molar-refractivity contribution in [1.82, 2.24) is 9.55 Å². The molecule has 0 aliphatic heterocycles. The van der Waals surface area contributed by atoms with Gasteiger partial charge in [-0.05, 0) is 18.2 Å². The molecule has 0 spiro atoms. The van der Waals surface area contributed by atoms with Crippen molar-refractivity contribution in [3.63, 3.8) is 0 Å². The van der Waals surface area contributed by atoms with Gasteiger partial charge in [0.1, 0.15) is 5.82 Å². The monoisotopic (exact) mass is 298 g/mol. The van der Waals surface area contributed by atoms with Crippen LogP contribution in [0.2, 0.25) is 0 Å². The Labute approximate surface area is 105 Å². The van der Waals surface area contributed by atoms with Crippen molar-refractivity contribution in [3.05, 3.63) is 40.5 Å². The van der Waals surface area contributed by atoms with Crippen molar-refractivity contribution in [2.75, 3.05) is 0 Å². The Balaban J connectivity index is 2.71. The molecule has 0 saturated carbocycles. The Morgan fingerprint density at radius 3 is 2.88 bits per heavy atom. The third-order valence-corrected chi connectivity index (χ3v) is 2.82. The summed E-state index contributed by atoms with van der Waals surface area (Å²) in [6, 6.07) is 4.35. The average molecular weight is 299 g/mol. The zero-order valence-corrected chi connectivity index (χ0v) is 10.4. The fourth-order valence-electron chi connectivity index (χ4n) is 1.58. The van der Waals surface area contributed by atoms with Crippen molar-refractivity contribution in [1.29, 1.82) is 0 Å². The minimum Gasteiger partial charge on any atom is -0.476 e. The predicted octanol–water partition coefficient (Wildman–Crippen LogP) is 2.69. The van der Waals surface area contributed by atoms with Gasteiger partial charge in [-0.1, -0.05) is 15.9 Å². The lowest BCUT2D eigenvalue weighted by atomic mass is 10.1.